The molecule has 2 heteroatoms. The Hall–Kier alpha value is -4.04. The third kappa shape index (κ3) is 3.84. The van der Waals surface area contributed by atoms with Crippen LogP contribution < -0.4 is 4.90 Å². The van der Waals surface area contributed by atoms with Crippen molar-refractivity contribution in [2.75, 3.05) is 4.90 Å². The third-order valence-electron chi connectivity index (χ3n) is 8.82. The first-order chi connectivity index (χ1) is 19.1. The summed E-state index contributed by atoms with van der Waals surface area (Å²) in [6, 6.07) is 34.2. The van der Waals surface area contributed by atoms with Gasteiger partial charge in [0.2, 0.25) is 0 Å². The molecule has 0 bridgehead atoms. The molecule has 1 aromatic heterocycles. The van der Waals surface area contributed by atoms with Crippen LogP contribution in [0.1, 0.15) is 58.6 Å². The molecule has 7 rings (SSSR count). The van der Waals surface area contributed by atoms with E-state index in [1.54, 1.807) is 0 Å². The van der Waals surface area contributed by atoms with Crippen LogP contribution in [-0.4, -0.2) is 10.6 Å². The second-order valence-corrected chi connectivity index (χ2v) is 13.5. The molecule has 0 amide bonds. The van der Waals surface area contributed by atoms with Gasteiger partial charge in [0, 0.05) is 33.8 Å². The summed E-state index contributed by atoms with van der Waals surface area (Å²) >= 11 is 0. The molecule has 40 heavy (non-hydrogen) atoms. The van der Waals surface area contributed by atoms with Crippen molar-refractivity contribution in [3.63, 3.8) is 0 Å². The van der Waals surface area contributed by atoms with E-state index in [2.05, 4.69) is 160 Å². The molecular formula is C38H38N2. The van der Waals surface area contributed by atoms with Crippen molar-refractivity contribution in [3.05, 3.63) is 126 Å². The molecule has 2 heterocycles. The van der Waals surface area contributed by atoms with E-state index >= 15 is 0 Å². The van der Waals surface area contributed by atoms with E-state index in [4.69, 9.17) is 0 Å². The minimum absolute atomic E-state index is 0.103. The Balaban J connectivity index is 1.39. The zero-order valence-electron chi connectivity index (χ0n) is 24.4. The molecule has 0 fully saturated rings. The SMILES string of the molecule is CC(C)(C)C1=CC2c3ccccc3N(c3cccc(-n4c5ccccc5c5cc(C(C)(C)C)ccc54)c3)C2C=C1. The van der Waals surface area contributed by atoms with Gasteiger partial charge in [-0.25, -0.2) is 0 Å². The van der Waals surface area contributed by atoms with Gasteiger partial charge in [0.15, 0.2) is 0 Å². The largest absolute Gasteiger partial charge is 0.333 e. The topological polar surface area (TPSA) is 8.17 Å². The Kier molecular flexibility index (Phi) is 5.45. The van der Waals surface area contributed by atoms with Crippen LogP contribution >= 0.6 is 0 Å². The van der Waals surface area contributed by atoms with Crippen molar-refractivity contribution >= 4 is 33.2 Å². The summed E-state index contributed by atoms with van der Waals surface area (Å²) in [6.45, 7) is 13.8. The number of nitrogens with zero attached hydrogens (tertiary/aromatic N) is 2. The monoisotopic (exact) mass is 522 g/mol. The number of benzene rings is 4. The van der Waals surface area contributed by atoms with Crippen LogP contribution in [-0.2, 0) is 5.41 Å². The Labute approximate surface area is 238 Å². The van der Waals surface area contributed by atoms with Crippen molar-refractivity contribution in [2.45, 2.75) is 58.9 Å². The fraction of sp³-hybridized carbons (Fsp3) is 0.263. The van der Waals surface area contributed by atoms with Gasteiger partial charge >= 0.3 is 0 Å². The summed E-state index contributed by atoms with van der Waals surface area (Å²) in [6.07, 6.45) is 7.28. The van der Waals surface area contributed by atoms with Crippen molar-refractivity contribution in [1.29, 1.82) is 0 Å². The molecule has 200 valence electrons. The molecule has 0 spiro atoms. The van der Waals surface area contributed by atoms with Gasteiger partial charge in [0.1, 0.15) is 0 Å². The maximum atomic E-state index is 2.54. The molecule has 5 aromatic rings. The Morgan fingerprint density at radius 1 is 0.625 bits per heavy atom. The van der Waals surface area contributed by atoms with E-state index in [9.17, 15) is 0 Å². The highest BCUT2D eigenvalue weighted by molar-refractivity contribution is 6.09. The van der Waals surface area contributed by atoms with Crippen LogP contribution in [0.3, 0.4) is 0 Å². The number of allylic oxidation sites excluding steroid dienone is 2. The molecule has 0 saturated carbocycles. The maximum absolute atomic E-state index is 2.54. The lowest BCUT2D eigenvalue weighted by atomic mass is 9.78. The first kappa shape index (κ1) is 25.0. The lowest BCUT2D eigenvalue weighted by Gasteiger charge is -2.32. The number of hydrogen-bond donors (Lipinski definition) is 0. The van der Waals surface area contributed by atoms with Crippen LogP contribution in [0.15, 0.2) is 115 Å². The molecule has 1 aliphatic carbocycles. The first-order valence-electron chi connectivity index (χ1n) is 14.5. The number of aromatic nitrogens is 1. The van der Waals surface area contributed by atoms with Crippen molar-refractivity contribution in [2.24, 2.45) is 5.41 Å². The van der Waals surface area contributed by atoms with Gasteiger partial charge in [-0.2, -0.15) is 0 Å². The highest BCUT2D eigenvalue weighted by Gasteiger charge is 2.39. The average Bonchev–Trinajstić information content (AvgIpc) is 3.44. The molecule has 2 aliphatic rings. The standard InChI is InChI=1S/C38H38N2/c1-37(2,3)25-18-20-35-31(22-25)29-14-7-9-16-33(29)39(35)27-12-11-13-28(24-27)40-34-17-10-8-15-30(34)32-23-26(38(4,5)6)19-21-36(32)40/h7-24,31,35H,1-6H3. The molecular weight excluding hydrogens is 484 g/mol. The molecule has 2 nitrogen and oxygen atoms in total. The zero-order valence-corrected chi connectivity index (χ0v) is 24.4. The predicted octanol–water partition coefficient (Wildman–Crippen LogP) is 10.2. The molecule has 1 aliphatic heterocycles. The normalized spacial score (nSPS) is 18.8. The van der Waals surface area contributed by atoms with E-state index in [-0.39, 0.29) is 16.9 Å². The second kappa shape index (κ2) is 8.73. The van der Waals surface area contributed by atoms with E-state index < -0.39 is 0 Å². The second-order valence-electron chi connectivity index (χ2n) is 13.5. The Morgan fingerprint density at radius 3 is 2.15 bits per heavy atom. The molecule has 2 unspecified atom stereocenters. The van der Waals surface area contributed by atoms with Crippen molar-refractivity contribution in [1.82, 2.24) is 4.57 Å². The maximum Gasteiger partial charge on any atom is 0.0629 e. The third-order valence-corrected chi connectivity index (χ3v) is 8.82. The van der Waals surface area contributed by atoms with Crippen LogP contribution in [0.5, 0.6) is 0 Å². The predicted molar refractivity (Wildman–Crippen MR) is 171 cm³/mol. The van der Waals surface area contributed by atoms with Crippen LogP contribution in [0, 0.1) is 5.41 Å². The van der Waals surface area contributed by atoms with Crippen LogP contribution in [0.2, 0.25) is 0 Å². The Morgan fingerprint density at radius 2 is 1.35 bits per heavy atom. The van der Waals surface area contributed by atoms with E-state index in [0.29, 0.717) is 5.92 Å². The summed E-state index contributed by atoms with van der Waals surface area (Å²) < 4.78 is 2.44. The summed E-state index contributed by atoms with van der Waals surface area (Å²) in [5, 5.41) is 2.62. The van der Waals surface area contributed by atoms with Gasteiger partial charge in [-0.3, -0.25) is 0 Å². The molecule has 2 atom stereocenters. The summed E-state index contributed by atoms with van der Waals surface area (Å²) in [5.41, 5.74) is 10.7. The summed E-state index contributed by atoms with van der Waals surface area (Å²) in [7, 11) is 0. The van der Waals surface area contributed by atoms with E-state index in [0.717, 1.165) is 0 Å². The fourth-order valence-electron chi connectivity index (χ4n) is 6.65. The van der Waals surface area contributed by atoms with Gasteiger partial charge in [0.25, 0.3) is 0 Å². The van der Waals surface area contributed by atoms with E-state index in [1.165, 1.54) is 55.6 Å². The molecule has 0 saturated heterocycles. The number of rotatable bonds is 2. The zero-order chi connectivity index (χ0) is 27.8. The average molecular weight is 523 g/mol. The van der Waals surface area contributed by atoms with Gasteiger partial charge in [0.05, 0.1) is 17.1 Å². The Bertz CT molecular complexity index is 1830. The number of para-hydroxylation sites is 2. The molecule has 0 radical (unpaired) electrons. The molecule has 4 aromatic carbocycles. The molecule has 0 N–H and O–H groups in total. The lowest BCUT2D eigenvalue weighted by Crippen LogP contribution is -2.30. The number of fused-ring (bicyclic) bond motifs is 6. The van der Waals surface area contributed by atoms with E-state index in [1.807, 2.05) is 0 Å². The fourth-order valence-corrected chi connectivity index (χ4v) is 6.65. The number of hydrogen-bond acceptors (Lipinski definition) is 1. The minimum atomic E-state index is 0.103. The highest BCUT2D eigenvalue weighted by atomic mass is 15.2. The van der Waals surface area contributed by atoms with Gasteiger partial charge < -0.3 is 9.47 Å². The summed E-state index contributed by atoms with van der Waals surface area (Å²) in [5.74, 6) is 0.350. The van der Waals surface area contributed by atoms with Crippen LogP contribution in [0.25, 0.3) is 27.5 Å². The minimum Gasteiger partial charge on any atom is -0.333 e. The highest BCUT2D eigenvalue weighted by Crippen LogP contribution is 2.50. The van der Waals surface area contributed by atoms with Crippen molar-refractivity contribution in [3.8, 4) is 5.69 Å². The number of anilines is 2. The first-order valence-corrected chi connectivity index (χ1v) is 14.5. The van der Waals surface area contributed by atoms with Gasteiger partial charge in [-0.15, -0.1) is 0 Å². The smallest absolute Gasteiger partial charge is 0.0629 e. The van der Waals surface area contributed by atoms with Crippen molar-refractivity contribution < 1.29 is 0 Å². The summed E-state index contributed by atoms with van der Waals surface area (Å²) in [4.78, 5) is 2.54. The quantitative estimate of drug-likeness (QED) is 0.224. The van der Waals surface area contributed by atoms with Crippen LogP contribution in [0.4, 0.5) is 11.4 Å². The van der Waals surface area contributed by atoms with Gasteiger partial charge in [-0.1, -0.05) is 108 Å². The lowest BCUT2D eigenvalue weighted by molar-refractivity contribution is 0.507. The van der Waals surface area contributed by atoms with Gasteiger partial charge in [-0.05, 0) is 70.0 Å².